The number of ether oxygens (including phenoxy) is 2. The number of benzene rings is 4. The molecule has 0 radical (unpaired) electrons. The molecule has 14 heteroatoms. The number of halogens is 4. The first-order valence-corrected chi connectivity index (χ1v) is 16.5. The minimum Gasteiger partial charge on any atom is -0.390 e. The fourth-order valence-corrected chi connectivity index (χ4v) is 6.62. The van der Waals surface area contributed by atoms with Gasteiger partial charge in [0.25, 0.3) is 11.8 Å². The van der Waals surface area contributed by atoms with Crippen LogP contribution in [0.15, 0.2) is 84.9 Å². The number of hydrogen-bond donors (Lipinski definition) is 6. The van der Waals surface area contributed by atoms with Crippen molar-refractivity contribution in [3.05, 3.63) is 142 Å². The van der Waals surface area contributed by atoms with Crippen molar-refractivity contribution in [3.8, 4) is 0 Å². The van der Waals surface area contributed by atoms with E-state index in [2.05, 4.69) is 10.6 Å². The van der Waals surface area contributed by atoms with E-state index in [1.165, 1.54) is 0 Å². The van der Waals surface area contributed by atoms with Crippen molar-refractivity contribution in [1.82, 2.24) is 10.6 Å². The van der Waals surface area contributed by atoms with Gasteiger partial charge in [-0.05, 0) is 34.4 Å². The standard InChI is InChI=1S/C38H36F4N2O8/c39-23-11-9-21(27(41)15-23)17-51-35(37(49)43-31-25-7-3-1-5-19(25)13-29(31)45)33(47)34(48)36(52-18-22-10-12-24(40)16-28(22)42)38(50)44-32-26-8-4-2-6-20(26)14-30(32)46/h1-12,15-16,29-36,45-48H,13-14,17-18H2,(H,43,49)(H,44,50)/t29?,30?,31-,32-,33+,34+,35+,36+/m0/s1. The molecule has 0 aromatic heterocycles. The van der Waals surface area contributed by atoms with E-state index in [-0.39, 0.29) is 24.0 Å². The fraction of sp³-hybridized carbons (Fsp3) is 0.316. The number of amides is 2. The van der Waals surface area contributed by atoms with E-state index in [9.17, 15) is 47.6 Å². The molecule has 6 rings (SSSR count). The van der Waals surface area contributed by atoms with Crippen LogP contribution in [0.1, 0.15) is 45.5 Å². The van der Waals surface area contributed by atoms with Crippen LogP contribution in [0.5, 0.6) is 0 Å². The van der Waals surface area contributed by atoms with Crippen molar-refractivity contribution < 1.29 is 57.1 Å². The van der Waals surface area contributed by atoms with Gasteiger partial charge >= 0.3 is 0 Å². The second-order valence-electron chi connectivity index (χ2n) is 12.8. The maximum atomic E-state index is 14.6. The van der Waals surface area contributed by atoms with Crippen LogP contribution >= 0.6 is 0 Å². The molecule has 2 amide bonds. The Balaban J connectivity index is 1.29. The summed E-state index contributed by atoms with van der Waals surface area (Å²) in [6.07, 6.45) is -10.5. The predicted molar refractivity (Wildman–Crippen MR) is 176 cm³/mol. The van der Waals surface area contributed by atoms with E-state index in [0.29, 0.717) is 23.3 Å². The minimum absolute atomic E-state index is 0.199. The summed E-state index contributed by atoms with van der Waals surface area (Å²) in [4.78, 5) is 27.7. The molecular formula is C38H36F4N2O8. The van der Waals surface area contributed by atoms with Crippen molar-refractivity contribution in [2.75, 3.05) is 0 Å². The SMILES string of the molecule is O=C(N[C@H]1c2ccccc2CC1O)[C@H](OCc1ccc(F)cc1F)[C@H](O)[C@@H](O)[C@@H](OCc1ccc(F)cc1F)C(=O)N[C@H]1c2ccccc2CC1O. The number of carbonyl (C=O) groups is 2. The number of carbonyl (C=O) groups excluding carboxylic acids is 2. The zero-order valence-corrected chi connectivity index (χ0v) is 27.5. The summed E-state index contributed by atoms with van der Waals surface area (Å²) in [6.45, 7) is -1.41. The maximum Gasteiger partial charge on any atom is 0.252 e. The molecule has 0 saturated carbocycles. The van der Waals surface area contributed by atoms with Crippen LogP contribution in [-0.4, -0.2) is 68.9 Å². The Labute approximate surface area is 295 Å². The second kappa shape index (κ2) is 15.9. The summed E-state index contributed by atoms with van der Waals surface area (Å²) >= 11 is 0. The molecule has 52 heavy (non-hydrogen) atoms. The molecule has 0 heterocycles. The van der Waals surface area contributed by atoms with Gasteiger partial charge < -0.3 is 40.5 Å². The maximum absolute atomic E-state index is 14.6. The molecule has 2 aliphatic rings. The number of rotatable bonds is 13. The molecule has 4 aromatic carbocycles. The first-order chi connectivity index (χ1) is 24.9. The van der Waals surface area contributed by atoms with Gasteiger partial charge in [-0.15, -0.1) is 0 Å². The van der Waals surface area contributed by atoms with E-state index < -0.39 is 97.0 Å². The van der Waals surface area contributed by atoms with E-state index in [0.717, 1.165) is 35.4 Å². The second-order valence-corrected chi connectivity index (χ2v) is 12.8. The van der Waals surface area contributed by atoms with E-state index in [1.54, 1.807) is 48.5 Å². The van der Waals surface area contributed by atoms with E-state index in [1.807, 2.05) is 0 Å². The summed E-state index contributed by atoms with van der Waals surface area (Å²) in [5.74, 6) is -5.94. The largest absolute Gasteiger partial charge is 0.390 e. The number of nitrogens with one attached hydrogen (secondary N) is 2. The Kier molecular flexibility index (Phi) is 11.3. The normalized spacial score (nSPS) is 21.5. The topological polar surface area (TPSA) is 158 Å². The van der Waals surface area contributed by atoms with Crippen LogP contribution in [-0.2, 0) is 45.1 Å². The minimum atomic E-state index is -2.30. The van der Waals surface area contributed by atoms with Crippen LogP contribution in [0.3, 0.4) is 0 Å². The molecule has 0 aliphatic heterocycles. The molecule has 2 unspecified atom stereocenters. The predicted octanol–water partition coefficient (Wildman–Crippen LogP) is 2.98. The summed E-state index contributed by atoms with van der Waals surface area (Å²) in [5.41, 5.74) is 2.25. The van der Waals surface area contributed by atoms with Crippen molar-refractivity contribution >= 4 is 11.8 Å². The lowest BCUT2D eigenvalue weighted by molar-refractivity contribution is -0.171. The van der Waals surface area contributed by atoms with Crippen LogP contribution < -0.4 is 10.6 Å². The van der Waals surface area contributed by atoms with Crippen molar-refractivity contribution in [1.29, 1.82) is 0 Å². The molecule has 0 fully saturated rings. The van der Waals surface area contributed by atoms with Gasteiger partial charge in [-0.3, -0.25) is 9.59 Å². The van der Waals surface area contributed by atoms with Crippen LogP contribution in [0.4, 0.5) is 17.6 Å². The van der Waals surface area contributed by atoms with Crippen LogP contribution in [0, 0.1) is 23.3 Å². The number of aliphatic hydroxyl groups excluding tert-OH is 4. The number of fused-ring (bicyclic) bond motifs is 2. The molecule has 2 aliphatic carbocycles. The van der Waals surface area contributed by atoms with Crippen LogP contribution in [0.25, 0.3) is 0 Å². The van der Waals surface area contributed by atoms with Gasteiger partial charge in [-0.2, -0.15) is 0 Å². The molecule has 0 spiro atoms. The Hall–Kier alpha value is -4.70. The fourth-order valence-electron chi connectivity index (χ4n) is 6.62. The molecule has 0 bridgehead atoms. The van der Waals surface area contributed by atoms with E-state index >= 15 is 0 Å². The highest BCUT2D eigenvalue weighted by Crippen LogP contribution is 2.33. The molecule has 4 aromatic rings. The Morgan fingerprint density at radius 3 is 1.40 bits per heavy atom. The third-order valence-electron chi connectivity index (χ3n) is 9.36. The number of aliphatic hydroxyl groups is 4. The summed E-state index contributed by atoms with van der Waals surface area (Å²) in [5, 5.41) is 49.9. The smallest absolute Gasteiger partial charge is 0.252 e. The van der Waals surface area contributed by atoms with Gasteiger partial charge in [0.15, 0.2) is 12.2 Å². The van der Waals surface area contributed by atoms with Gasteiger partial charge in [0.1, 0.15) is 35.5 Å². The monoisotopic (exact) mass is 724 g/mol. The zero-order chi connectivity index (χ0) is 37.1. The lowest BCUT2D eigenvalue weighted by atomic mass is 9.99. The zero-order valence-electron chi connectivity index (χ0n) is 27.5. The highest BCUT2D eigenvalue weighted by atomic mass is 19.1. The highest BCUT2D eigenvalue weighted by Gasteiger charge is 2.44. The summed E-state index contributed by atoms with van der Waals surface area (Å²) in [7, 11) is 0. The van der Waals surface area contributed by atoms with Crippen molar-refractivity contribution in [3.63, 3.8) is 0 Å². The molecule has 274 valence electrons. The van der Waals surface area contributed by atoms with Gasteiger partial charge in [0, 0.05) is 36.1 Å². The van der Waals surface area contributed by atoms with Gasteiger partial charge in [0.2, 0.25) is 0 Å². The third kappa shape index (κ3) is 8.02. The van der Waals surface area contributed by atoms with E-state index in [4.69, 9.17) is 9.47 Å². The molecule has 6 N–H and O–H groups in total. The van der Waals surface area contributed by atoms with Crippen molar-refractivity contribution in [2.45, 2.75) is 74.8 Å². The van der Waals surface area contributed by atoms with Crippen molar-refractivity contribution in [2.24, 2.45) is 0 Å². The first kappa shape index (κ1) is 37.1. The first-order valence-electron chi connectivity index (χ1n) is 16.5. The lowest BCUT2D eigenvalue weighted by Crippen LogP contribution is -2.57. The Bertz CT molecular complexity index is 1790. The average Bonchev–Trinajstić information content (AvgIpc) is 3.60. The summed E-state index contributed by atoms with van der Waals surface area (Å²) < 4.78 is 67.7. The molecule has 0 saturated heterocycles. The summed E-state index contributed by atoms with van der Waals surface area (Å²) in [6, 6.07) is 17.0. The quantitative estimate of drug-likeness (QED) is 0.115. The molecule has 10 nitrogen and oxygen atoms in total. The number of hydrogen-bond acceptors (Lipinski definition) is 8. The Morgan fingerprint density at radius 1 is 0.635 bits per heavy atom. The van der Waals surface area contributed by atoms with Gasteiger partial charge in [-0.25, -0.2) is 17.6 Å². The van der Waals surface area contributed by atoms with Gasteiger partial charge in [-0.1, -0.05) is 60.7 Å². The molecular weight excluding hydrogens is 688 g/mol. The highest BCUT2D eigenvalue weighted by molar-refractivity contribution is 5.84. The lowest BCUT2D eigenvalue weighted by Gasteiger charge is -2.32. The third-order valence-corrected chi connectivity index (χ3v) is 9.36. The Morgan fingerprint density at radius 2 is 1.02 bits per heavy atom. The molecule has 8 atom stereocenters. The van der Waals surface area contributed by atoms with Crippen LogP contribution in [0.2, 0.25) is 0 Å². The van der Waals surface area contributed by atoms with Gasteiger partial charge in [0.05, 0.1) is 37.5 Å². The average molecular weight is 725 g/mol.